The second kappa shape index (κ2) is 5.75. The molecular formula is C15H19FN4O2. The summed E-state index contributed by atoms with van der Waals surface area (Å²) >= 11 is 0. The van der Waals surface area contributed by atoms with Crippen LogP contribution in [0.25, 0.3) is 0 Å². The maximum Gasteiger partial charge on any atom is 0.295 e. The Morgan fingerprint density at radius 3 is 2.59 bits per heavy atom. The lowest BCUT2D eigenvalue weighted by molar-refractivity contribution is -0.384. The highest BCUT2D eigenvalue weighted by molar-refractivity contribution is 5.62. The molecular weight excluding hydrogens is 287 g/mol. The van der Waals surface area contributed by atoms with E-state index in [9.17, 15) is 14.5 Å². The van der Waals surface area contributed by atoms with Gasteiger partial charge in [0.1, 0.15) is 11.5 Å². The van der Waals surface area contributed by atoms with Crippen LogP contribution in [0.15, 0.2) is 30.6 Å². The van der Waals surface area contributed by atoms with Gasteiger partial charge in [-0.25, -0.2) is 4.39 Å². The number of nitrogens with one attached hydrogen (secondary N) is 1. The molecule has 0 bridgehead atoms. The van der Waals surface area contributed by atoms with E-state index in [-0.39, 0.29) is 22.8 Å². The average molecular weight is 306 g/mol. The third-order valence-electron chi connectivity index (χ3n) is 3.38. The minimum atomic E-state index is -0.633. The number of hydrogen-bond acceptors (Lipinski definition) is 4. The van der Waals surface area contributed by atoms with Crippen LogP contribution in [-0.4, -0.2) is 14.7 Å². The summed E-state index contributed by atoms with van der Waals surface area (Å²) in [6.07, 6.45) is 3.58. The fraction of sp³-hybridized carbons (Fsp3) is 0.400. The van der Waals surface area contributed by atoms with Crippen molar-refractivity contribution in [3.05, 3.63) is 52.1 Å². The van der Waals surface area contributed by atoms with Gasteiger partial charge in [0.05, 0.1) is 23.2 Å². The van der Waals surface area contributed by atoms with Gasteiger partial charge in [-0.1, -0.05) is 20.8 Å². The normalized spacial score (nSPS) is 13.0. The van der Waals surface area contributed by atoms with E-state index in [4.69, 9.17) is 0 Å². The second-order valence-corrected chi connectivity index (χ2v) is 6.31. The van der Waals surface area contributed by atoms with Gasteiger partial charge in [0.25, 0.3) is 5.69 Å². The summed E-state index contributed by atoms with van der Waals surface area (Å²) < 4.78 is 14.9. The van der Waals surface area contributed by atoms with Crippen LogP contribution in [0.3, 0.4) is 0 Å². The Labute approximate surface area is 128 Å². The number of halogens is 1. The van der Waals surface area contributed by atoms with Crippen molar-refractivity contribution in [1.82, 2.24) is 9.78 Å². The molecule has 1 aromatic carbocycles. The standard InChI is InChI=1S/C15H19FN4O2/c1-15(2,3)14(10-8-17-19(4)9-10)18-12-6-5-11(16)7-13(12)20(21)22/h5-9,14,18H,1-4H3/t14-/m0/s1. The Hall–Kier alpha value is -2.44. The lowest BCUT2D eigenvalue weighted by Crippen LogP contribution is -2.25. The maximum absolute atomic E-state index is 13.3. The van der Waals surface area contributed by atoms with Crippen LogP contribution in [0.5, 0.6) is 0 Å². The zero-order chi connectivity index (χ0) is 16.5. The number of nitrogens with zero attached hydrogens (tertiary/aromatic N) is 3. The van der Waals surface area contributed by atoms with Gasteiger partial charge in [-0.2, -0.15) is 5.10 Å². The number of rotatable bonds is 4. The average Bonchev–Trinajstić information content (AvgIpc) is 2.81. The highest BCUT2D eigenvalue weighted by Crippen LogP contribution is 2.38. The molecule has 1 atom stereocenters. The fourth-order valence-electron chi connectivity index (χ4n) is 2.32. The molecule has 2 rings (SSSR count). The van der Waals surface area contributed by atoms with Gasteiger partial charge in [-0.3, -0.25) is 14.8 Å². The quantitative estimate of drug-likeness (QED) is 0.691. The minimum Gasteiger partial charge on any atom is -0.372 e. The largest absolute Gasteiger partial charge is 0.372 e. The highest BCUT2D eigenvalue weighted by atomic mass is 19.1. The molecule has 0 unspecified atom stereocenters. The van der Waals surface area contributed by atoms with Crippen LogP contribution >= 0.6 is 0 Å². The Bertz CT molecular complexity index is 691. The summed E-state index contributed by atoms with van der Waals surface area (Å²) in [5.41, 5.74) is 0.701. The Kier molecular flexibility index (Phi) is 4.16. The van der Waals surface area contributed by atoms with E-state index in [1.165, 1.54) is 12.1 Å². The first-order valence-electron chi connectivity index (χ1n) is 6.87. The molecule has 2 aromatic rings. The van der Waals surface area contributed by atoms with Crippen molar-refractivity contribution in [2.75, 3.05) is 5.32 Å². The van der Waals surface area contributed by atoms with Crippen molar-refractivity contribution in [2.24, 2.45) is 12.5 Å². The zero-order valence-electron chi connectivity index (χ0n) is 13.0. The molecule has 0 saturated carbocycles. The number of benzene rings is 1. The summed E-state index contributed by atoms with van der Waals surface area (Å²) in [6, 6.07) is 3.32. The Balaban J connectivity index is 2.42. The third kappa shape index (κ3) is 3.41. The molecule has 6 nitrogen and oxygen atoms in total. The van der Waals surface area contributed by atoms with Crippen LogP contribution < -0.4 is 5.32 Å². The van der Waals surface area contributed by atoms with Crippen molar-refractivity contribution in [2.45, 2.75) is 26.8 Å². The van der Waals surface area contributed by atoms with Crippen LogP contribution in [0.4, 0.5) is 15.8 Å². The lowest BCUT2D eigenvalue weighted by Gasteiger charge is -2.31. The van der Waals surface area contributed by atoms with Crippen LogP contribution in [-0.2, 0) is 7.05 Å². The highest BCUT2D eigenvalue weighted by Gasteiger charge is 2.29. The molecule has 0 aliphatic rings. The zero-order valence-corrected chi connectivity index (χ0v) is 13.0. The number of nitro benzene ring substituents is 1. The van der Waals surface area contributed by atoms with E-state index in [0.29, 0.717) is 0 Å². The molecule has 22 heavy (non-hydrogen) atoms. The molecule has 1 heterocycles. The molecule has 0 saturated heterocycles. The molecule has 0 radical (unpaired) electrons. The summed E-state index contributed by atoms with van der Waals surface area (Å²) in [4.78, 5) is 10.5. The third-order valence-corrected chi connectivity index (χ3v) is 3.38. The van der Waals surface area contributed by atoms with Gasteiger partial charge >= 0.3 is 0 Å². The van der Waals surface area contributed by atoms with E-state index in [2.05, 4.69) is 10.4 Å². The predicted octanol–water partition coefficient (Wildman–Crippen LogP) is 3.67. The van der Waals surface area contributed by atoms with Gasteiger partial charge < -0.3 is 5.32 Å². The summed E-state index contributed by atoms with van der Waals surface area (Å²) in [7, 11) is 1.81. The summed E-state index contributed by atoms with van der Waals surface area (Å²) in [6.45, 7) is 6.06. The first-order valence-corrected chi connectivity index (χ1v) is 6.87. The maximum atomic E-state index is 13.3. The second-order valence-electron chi connectivity index (χ2n) is 6.31. The topological polar surface area (TPSA) is 73.0 Å². The number of anilines is 1. The summed E-state index contributed by atoms with van der Waals surface area (Å²) in [5.74, 6) is -0.633. The van der Waals surface area contributed by atoms with Crippen molar-refractivity contribution in [3.8, 4) is 0 Å². The smallest absolute Gasteiger partial charge is 0.295 e. The molecule has 1 N–H and O–H groups in total. The van der Waals surface area contributed by atoms with Gasteiger partial charge in [-0.05, 0) is 17.5 Å². The van der Waals surface area contributed by atoms with E-state index >= 15 is 0 Å². The van der Waals surface area contributed by atoms with Crippen LogP contribution in [0, 0.1) is 21.3 Å². The monoisotopic (exact) mass is 306 g/mol. The van der Waals surface area contributed by atoms with E-state index in [0.717, 1.165) is 11.6 Å². The van der Waals surface area contributed by atoms with E-state index in [1.54, 1.807) is 10.9 Å². The first kappa shape index (κ1) is 15.9. The van der Waals surface area contributed by atoms with Gasteiger partial charge in [0.2, 0.25) is 0 Å². The van der Waals surface area contributed by atoms with Crippen molar-refractivity contribution < 1.29 is 9.31 Å². The summed E-state index contributed by atoms with van der Waals surface area (Å²) in [5, 5.41) is 18.4. The molecule has 0 amide bonds. The first-order chi connectivity index (χ1) is 10.2. The fourth-order valence-corrected chi connectivity index (χ4v) is 2.32. The lowest BCUT2D eigenvalue weighted by atomic mass is 9.83. The van der Waals surface area contributed by atoms with E-state index in [1.807, 2.05) is 34.0 Å². The molecule has 7 heteroatoms. The predicted molar refractivity (Wildman–Crippen MR) is 82.1 cm³/mol. The molecule has 0 aliphatic carbocycles. The molecule has 0 fully saturated rings. The number of aromatic nitrogens is 2. The van der Waals surface area contributed by atoms with Crippen molar-refractivity contribution in [1.29, 1.82) is 0 Å². The molecule has 1 aromatic heterocycles. The van der Waals surface area contributed by atoms with Gasteiger partial charge in [-0.15, -0.1) is 0 Å². The van der Waals surface area contributed by atoms with Crippen molar-refractivity contribution >= 4 is 11.4 Å². The Morgan fingerprint density at radius 1 is 1.41 bits per heavy atom. The number of hydrogen-bond donors (Lipinski definition) is 1. The van der Waals surface area contributed by atoms with Gasteiger partial charge in [0, 0.05) is 18.8 Å². The number of nitro groups is 1. The molecule has 0 spiro atoms. The molecule has 118 valence electrons. The minimum absolute atomic E-state index is 0.203. The van der Waals surface area contributed by atoms with Crippen LogP contribution in [0.1, 0.15) is 32.4 Å². The van der Waals surface area contributed by atoms with Crippen LogP contribution in [0.2, 0.25) is 0 Å². The van der Waals surface area contributed by atoms with Crippen molar-refractivity contribution in [3.63, 3.8) is 0 Å². The SMILES string of the molecule is Cn1cc([C@H](Nc2ccc(F)cc2[N+](=O)[O-])C(C)(C)C)cn1. The van der Waals surface area contributed by atoms with Gasteiger partial charge in [0.15, 0.2) is 0 Å². The Morgan fingerprint density at radius 2 is 2.09 bits per heavy atom. The van der Waals surface area contributed by atoms with E-state index < -0.39 is 10.7 Å². The molecule has 0 aliphatic heterocycles. The number of aryl methyl sites for hydroxylation is 1.